The third-order valence-corrected chi connectivity index (χ3v) is 5.63. The number of ether oxygens (including phenoxy) is 1. The van der Waals surface area contributed by atoms with Crippen LogP contribution in [-0.4, -0.2) is 63.7 Å². The van der Waals surface area contributed by atoms with E-state index < -0.39 is 11.0 Å². The Morgan fingerprint density at radius 1 is 1.15 bits per heavy atom. The van der Waals surface area contributed by atoms with Crippen molar-refractivity contribution in [2.75, 3.05) is 33.3 Å². The van der Waals surface area contributed by atoms with Crippen molar-refractivity contribution >= 4 is 11.6 Å². The zero-order valence-electron chi connectivity index (χ0n) is 18.0. The number of carbonyl (C=O) groups is 1. The van der Waals surface area contributed by atoms with Gasteiger partial charge in [0.2, 0.25) is 0 Å². The Hall–Kier alpha value is -4.23. The summed E-state index contributed by atoms with van der Waals surface area (Å²) in [6.45, 7) is 2.05. The normalized spacial score (nSPS) is 15.0. The lowest BCUT2D eigenvalue weighted by Gasteiger charge is -2.36. The quantitative estimate of drug-likeness (QED) is 0.422. The lowest BCUT2D eigenvalue weighted by Crippen LogP contribution is -2.49. The van der Waals surface area contributed by atoms with E-state index in [4.69, 9.17) is 4.74 Å². The molecule has 0 bridgehead atoms. The molecule has 1 aliphatic rings. The summed E-state index contributed by atoms with van der Waals surface area (Å²) < 4.78 is 6.63. The lowest BCUT2D eigenvalue weighted by molar-refractivity contribution is -0.384. The van der Waals surface area contributed by atoms with Gasteiger partial charge in [-0.25, -0.2) is 4.68 Å². The third kappa shape index (κ3) is 4.68. The van der Waals surface area contributed by atoms with Gasteiger partial charge in [0.15, 0.2) is 5.69 Å². The molecule has 4 rings (SSSR count). The first-order valence-electron chi connectivity index (χ1n) is 10.4. The Morgan fingerprint density at radius 2 is 1.88 bits per heavy atom. The molecule has 2 heterocycles. The summed E-state index contributed by atoms with van der Waals surface area (Å²) in [5, 5.41) is 25.0. The molecule has 0 N–H and O–H groups in total. The topological polar surface area (TPSA) is 118 Å². The first kappa shape index (κ1) is 22.0. The van der Waals surface area contributed by atoms with Crippen molar-refractivity contribution in [2.24, 2.45) is 0 Å². The molecule has 3 aromatic rings. The van der Waals surface area contributed by atoms with E-state index in [-0.39, 0.29) is 17.3 Å². The monoisotopic (exact) mass is 446 g/mol. The summed E-state index contributed by atoms with van der Waals surface area (Å²) >= 11 is 0. The van der Waals surface area contributed by atoms with E-state index in [1.54, 1.807) is 36.4 Å². The molecule has 0 saturated carbocycles. The van der Waals surface area contributed by atoms with Crippen molar-refractivity contribution in [1.29, 1.82) is 5.26 Å². The van der Waals surface area contributed by atoms with E-state index >= 15 is 0 Å². The number of nitriles is 1. The Balaban J connectivity index is 1.41. The molecule has 0 aliphatic carbocycles. The maximum atomic E-state index is 13.0. The standard InChI is InChI=1S/C23H22N6O4/c1-33-20-7-5-17(6-8-20)22(16-24)26-11-13-27(14-12-26)23(30)21-9-10-28(25-21)18-3-2-4-19(15-18)29(31)32/h2-10,15,22H,11-14H2,1H3. The fourth-order valence-corrected chi connectivity index (χ4v) is 3.83. The zero-order chi connectivity index (χ0) is 23.4. The van der Waals surface area contributed by atoms with Gasteiger partial charge in [0, 0.05) is 44.5 Å². The van der Waals surface area contributed by atoms with E-state index in [1.165, 1.54) is 16.8 Å². The van der Waals surface area contributed by atoms with Gasteiger partial charge in [-0.15, -0.1) is 0 Å². The highest BCUT2D eigenvalue weighted by molar-refractivity contribution is 5.92. The average Bonchev–Trinajstić information content (AvgIpc) is 3.35. The van der Waals surface area contributed by atoms with Gasteiger partial charge in [0.25, 0.3) is 11.6 Å². The molecule has 0 radical (unpaired) electrons. The van der Waals surface area contributed by atoms with Crippen LogP contribution in [0.25, 0.3) is 5.69 Å². The van der Waals surface area contributed by atoms with Crippen LogP contribution in [0.4, 0.5) is 5.69 Å². The highest BCUT2D eigenvalue weighted by atomic mass is 16.6. The molecule has 1 atom stereocenters. The molecule has 1 amide bonds. The van der Waals surface area contributed by atoms with Gasteiger partial charge in [0.05, 0.1) is 23.8 Å². The number of hydrogen-bond donors (Lipinski definition) is 0. The van der Waals surface area contributed by atoms with Gasteiger partial charge in [-0.05, 0) is 29.8 Å². The summed E-state index contributed by atoms with van der Waals surface area (Å²) in [5.41, 5.74) is 1.61. The van der Waals surface area contributed by atoms with E-state index in [1.807, 2.05) is 29.2 Å². The summed E-state index contributed by atoms with van der Waals surface area (Å²) in [4.78, 5) is 27.2. The summed E-state index contributed by atoms with van der Waals surface area (Å²) in [7, 11) is 1.60. The van der Waals surface area contributed by atoms with Crippen LogP contribution in [-0.2, 0) is 0 Å². The number of nitro groups is 1. The van der Waals surface area contributed by atoms with Crippen LogP contribution in [0.15, 0.2) is 60.8 Å². The number of piperazine rings is 1. The minimum Gasteiger partial charge on any atom is -0.497 e. The minimum atomic E-state index is -0.473. The minimum absolute atomic E-state index is 0.0455. The second-order valence-electron chi connectivity index (χ2n) is 7.56. The van der Waals surface area contributed by atoms with Crippen LogP contribution < -0.4 is 4.74 Å². The van der Waals surface area contributed by atoms with Crippen LogP contribution in [0.2, 0.25) is 0 Å². The van der Waals surface area contributed by atoms with Crippen molar-refractivity contribution in [3.8, 4) is 17.5 Å². The SMILES string of the molecule is COc1ccc(C(C#N)N2CCN(C(=O)c3ccn(-c4cccc([N+](=O)[O-])c4)n3)CC2)cc1. The summed E-state index contributed by atoms with van der Waals surface area (Å²) in [6.07, 6.45) is 1.61. The highest BCUT2D eigenvalue weighted by Gasteiger charge is 2.28. The van der Waals surface area contributed by atoms with Gasteiger partial charge < -0.3 is 9.64 Å². The molecule has 0 spiro atoms. The molecular formula is C23H22N6O4. The van der Waals surface area contributed by atoms with Gasteiger partial charge in [-0.3, -0.25) is 19.8 Å². The molecule has 1 aromatic heterocycles. The molecule has 1 aliphatic heterocycles. The van der Waals surface area contributed by atoms with E-state index in [2.05, 4.69) is 11.2 Å². The zero-order valence-corrected chi connectivity index (χ0v) is 18.0. The maximum absolute atomic E-state index is 13.0. The first-order valence-corrected chi connectivity index (χ1v) is 10.4. The molecule has 10 nitrogen and oxygen atoms in total. The second-order valence-corrected chi connectivity index (χ2v) is 7.56. The lowest BCUT2D eigenvalue weighted by atomic mass is 10.1. The molecule has 2 aromatic carbocycles. The Kier molecular flexibility index (Phi) is 6.33. The predicted molar refractivity (Wildman–Crippen MR) is 119 cm³/mol. The largest absolute Gasteiger partial charge is 0.497 e. The van der Waals surface area contributed by atoms with Gasteiger partial charge in [-0.1, -0.05) is 18.2 Å². The van der Waals surface area contributed by atoms with Crippen molar-refractivity contribution in [2.45, 2.75) is 6.04 Å². The van der Waals surface area contributed by atoms with Crippen LogP contribution in [0.1, 0.15) is 22.1 Å². The van der Waals surface area contributed by atoms with E-state index in [9.17, 15) is 20.2 Å². The smallest absolute Gasteiger partial charge is 0.274 e. The van der Waals surface area contributed by atoms with Gasteiger partial charge in [-0.2, -0.15) is 10.4 Å². The molecule has 10 heteroatoms. The van der Waals surface area contributed by atoms with Crippen molar-refractivity contribution < 1.29 is 14.5 Å². The van der Waals surface area contributed by atoms with Crippen molar-refractivity contribution in [3.05, 3.63) is 82.2 Å². The van der Waals surface area contributed by atoms with Gasteiger partial charge >= 0.3 is 0 Å². The second kappa shape index (κ2) is 9.50. The van der Waals surface area contributed by atoms with E-state index in [0.29, 0.717) is 31.9 Å². The number of nitro benzene ring substituents is 1. The predicted octanol–water partition coefficient (Wildman–Crippen LogP) is 2.81. The van der Waals surface area contributed by atoms with E-state index in [0.717, 1.165) is 11.3 Å². The summed E-state index contributed by atoms with van der Waals surface area (Å²) in [6, 6.07) is 17.0. The molecular weight excluding hydrogens is 424 g/mol. The number of non-ortho nitro benzene ring substituents is 1. The molecule has 33 heavy (non-hydrogen) atoms. The van der Waals surface area contributed by atoms with Crippen LogP contribution in [0.3, 0.4) is 0 Å². The first-order chi connectivity index (χ1) is 16.0. The van der Waals surface area contributed by atoms with Crippen LogP contribution >= 0.6 is 0 Å². The number of rotatable bonds is 6. The number of amides is 1. The Bertz CT molecular complexity index is 1190. The fraction of sp³-hybridized carbons (Fsp3) is 0.261. The number of benzene rings is 2. The average molecular weight is 446 g/mol. The number of hydrogen-bond acceptors (Lipinski definition) is 7. The van der Waals surface area contributed by atoms with Crippen LogP contribution in [0.5, 0.6) is 5.75 Å². The van der Waals surface area contributed by atoms with Crippen LogP contribution in [0, 0.1) is 21.4 Å². The molecule has 1 fully saturated rings. The van der Waals surface area contributed by atoms with Crippen molar-refractivity contribution in [3.63, 3.8) is 0 Å². The summed E-state index contributed by atoms with van der Waals surface area (Å²) in [5.74, 6) is 0.521. The Labute approximate surface area is 190 Å². The van der Waals surface area contributed by atoms with Gasteiger partial charge in [0.1, 0.15) is 11.8 Å². The number of methoxy groups -OCH3 is 1. The number of carbonyl (C=O) groups excluding carboxylic acids is 1. The third-order valence-electron chi connectivity index (χ3n) is 5.63. The number of nitrogens with zero attached hydrogens (tertiary/aromatic N) is 6. The van der Waals surface area contributed by atoms with Crippen molar-refractivity contribution in [1.82, 2.24) is 19.6 Å². The molecule has 1 saturated heterocycles. The molecule has 1 unspecified atom stereocenters. The highest BCUT2D eigenvalue weighted by Crippen LogP contribution is 2.24. The molecule has 168 valence electrons. The Morgan fingerprint density at radius 3 is 2.52 bits per heavy atom. The number of aromatic nitrogens is 2. The fourth-order valence-electron chi connectivity index (χ4n) is 3.83. The maximum Gasteiger partial charge on any atom is 0.274 e.